The third kappa shape index (κ3) is 3.66. The van der Waals surface area contributed by atoms with Gasteiger partial charge in [0.25, 0.3) is 0 Å². The molecule has 2 aromatic carbocycles. The van der Waals surface area contributed by atoms with Crippen molar-refractivity contribution in [3.05, 3.63) is 84.3 Å². The average molecular weight is 321 g/mol. The Bertz CT molecular complexity index is 782. The topological polar surface area (TPSA) is 51.5 Å². The Morgan fingerprint density at radius 1 is 1.04 bits per heavy atom. The second-order valence-corrected chi connectivity index (χ2v) is 5.41. The van der Waals surface area contributed by atoms with Gasteiger partial charge in [-0.1, -0.05) is 42.5 Å². The lowest BCUT2D eigenvalue weighted by atomic mass is 10.0. The van der Waals surface area contributed by atoms with Crippen LogP contribution in [0.15, 0.2) is 77.4 Å². The summed E-state index contributed by atoms with van der Waals surface area (Å²) in [4.78, 5) is 12.6. The molecule has 1 aromatic heterocycles. The minimum atomic E-state index is -0.274. The number of rotatable bonds is 7. The van der Waals surface area contributed by atoms with E-state index in [0.717, 1.165) is 11.4 Å². The second kappa shape index (κ2) is 7.51. The summed E-state index contributed by atoms with van der Waals surface area (Å²) in [6, 6.07) is 20.3. The molecule has 3 rings (SSSR count). The molecule has 3 aromatic rings. The molecule has 0 aliphatic heterocycles. The van der Waals surface area contributed by atoms with E-state index < -0.39 is 0 Å². The van der Waals surface area contributed by atoms with Gasteiger partial charge in [-0.15, -0.1) is 0 Å². The van der Waals surface area contributed by atoms with Crippen LogP contribution in [-0.2, 0) is 0 Å². The fourth-order valence-electron chi connectivity index (χ4n) is 2.59. The molecule has 0 spiro atoms. The van der Waals surface area contributed by atoms with Gasteiger partial charge in [-0.3, -0.25) is 4.79 Å². The lowest BCUT2D eigenvalue weighted by Gasteiger charge is -2.19. The zero-order valence-electron chi connectivity index (χ0n) is 13.4. The summed E-state index contributed by atoms with van der Waals surface area (Å²) >= 11 is 0. The zero-order valence-corrected chi connectivity index (χ0v) is 13.4. The highest BCUT2D eigenvalue weighted by Gasteiger charge is 2.20. The predicted octanol–water partition coefficient (Wildman–Crippen LogP) is 4.71. The van der Waals surface area contributed by atoms with Crippen molar-refractivity contribution in [1.82, 2.24) is 0 Å². The molecule has 122 valence electrons. The van der Waals surface area contributed by atoms with E-state index in [4.69, 9.17) is 9.15 Å². The van der Waals surface area contributed by atoms with E-state index in [-0.39, 0.29) is 18.2 Å². The third-order valence-electron chi connectivity index (χ3n) is 3.81. The molecule has 0 radical (unpaired) electrons. The van der Waals surface area contributed by atoms with Crippen molar-refractivity contribution in [2.45, 2.75) is 12.5 Å². The second-order valence-electron chi connectivity index (χ2n) is 5.41. The number of hydrogen-bond acceptors (Lipinski definition) is 4. The summed E-state index contributed by atoms with van der Waals surface area (Å²) in [5, 5.41) is 3.36. The van der Waals surface area contributed by atoms with Crippen LogP contribution in [0.3, 0.4) is 0 Å². The van der Waals surface area contributed by atoms with Gasteiger partial charge < -0.3 is 14.5 Å². The van der Waals surface area contributed by atoms with Crippen LogP contribution in [0.25, 0.3) is 0 Å². The van der Waals surface area contributed by atoms with Crippen molar-refractivity contribution in [1.29, 1.82) is 0 Å². The Hall–Kier alpha value is -3.01. The van der Waals surface area contributed by atoms with Gasteiger partial charge >= 0.3 is 0 Å². The van der Waals surface area contributed by atoms with Gasteiger partial charge in [0, 0.05) is 12.0 Å². The molecule has 24 heavy (non-hydrogen) atoms. The summed E-state index contributed by atoms with van der Waals surface area (Å²) in [6.45, 7) is 0. The van der Waals surface area contributed by atoms with Crippen molar-refractivity contribution >= 4 is 11.5 Å². The third-order valence-corrected chi connectivity index (χ3v) is 3.81. The Kier molecular flexibility index (Phi) is 4.96. The van der Waals surface area contributed by atoms with Gasteiger partial charge in [0.1, 0.15) is 11.5 Å². The maximum Gasteiger partial charge on any atom is 0.165 e. The lowest BCUT2D eigenvalue weighted by molar-refractivity contribution is 0.0973. The van der Waals surface area contributed by atoms with E-state index in [1.807, 2.05) is 66.7 Å². The highest BCUT2D eigenvalue weighted by Crippen LogP contribution is 2.30. The highest BCUT2D eigenvalue weighted by molar-refractivity contribution is 5.96. The van der Waals surface area contributed by atoms with Crippen LogP contribution >= 0.6 is 0 Å². The summed E-state index contributed by atoms with van der Waals surface area (Å²) in [6.07, 6.45) is 1.90. The van der Waals surface area contributed by atoms with Gasteiger partial charge in [-0.25, -0.2) is 0 Å². The monoisotopic (exact) mass is 321 g/mol. The Morgan fingerprint density at radius 2 is 1.79 bits per heavy atom. The van der Waals surface area contributed by atoms with E-state index >= 15 is 0 Å². The van der Waals surface area contributed by atoms with Crippen molar-refractivity contribution < 1.29 is 13.9 Å². The number of Topliss-reactive ketones (excluding diaryl/α,β-unsaturated/α-hetero) is 1. The number of carbonyl (C=O) groups is 1. The lowest BCUT2D eigenvalue weighted by Crippen LogP contribution is -2.15. The molecule has 4 heteroatoms. The molecule has 1 heterocycles. The normalized spacial score (nSPS) is 11.7. The van der Waals surface area contributed by atoms with Gasteiger partial charge in [-0.05, 0) is 24.3 Å². The molecule has 0 bridgehead atoms. The maximum absolute atomic E-state index is 12.6. The molecular weight excluding hydrogens is 302 g/mol. The van der Waals surface area contributed by atoms with Crippen molar-refractivity contribution in [2.24, 2.45) is 0 Å². The minimum absolute atomic E-state index is 0.0550. The summed E-state index contributed by atoms with van der Waals surface area (Å²) in [5.74, 6) is 1.49. The first-order chi connectivity index (χ1) is 11.8. The number of nitrogens with one attached hydrogen (secondary N) is 1. The summed E-state index contributed by atoms with van der Waals surface area (Å²) < 4.78 is 10.9. The molecule has 1 N–H and O–H groups in total. The number of hydrogen-bond donors (Lipinski definition) is 1. The van der Waals surface area contributed by atoms with Gasteiger partial charge in [-0.2, -0.15) is 0 Å². The van der Waals surface area contributed by atoms with Crippen molar-refractivity contribution in [3.63, 3.8) is 0 Å². The number of ether oxygens (including phenoxy) is 1. The molecule has 0 fully saturated rings. The summed E-state index contributed by atoms with van der Waals surface area (Å²) in [5.41, 5.74) is 1.51. The number of furan rings is 1. The van der Waals surface area contributed by atoms with Crippen LogP contribution in [0.1, 0.15) is 28.6 Å². The molecule has 0 aliphatic carbocycles. The predicted molar refractivity (Wildman–Crippen MR) is 93.5 cm³/mol. The first kappa shape index (κ1) is 15.9. The van der Waals surface area contributed by atoms with E-state index in [1.165, 1.54) is 0 Å². The molecule has 0 aliphatic rings. The van der Waals surface area contributed by atoms with E-state index in [9.17, 15) is 4.79 Å². The van der Waals surface area contributed by atoms with Crippen LogP contribution < -0.4 is 10.1 Å². The van der Waals surface area contributed by atoms with E-state index in [1.54, 1.807) is 13.4 Å². The van der Waals surface area contributed by atoms with E-state index in [2.05, 4.69) is 5.32 Å². The SMILES string of the molecule is COc1ccccc1NC(CC(=O)c1ccccc1)c1ccco1. The molecule has 1 atom stereocenters. The average Bonchev–Trinajstić information content (AvgIpc) is 3.17. The van der Waals surface area contributed by atoms with Crippen LogP contribution in [0.4, 0.5) is 5.69 Å². The first-order valence-electron chi connectivity index (χ1n) is 7.79. The number of methoxy groups -OCH3 is 1. The van der Waals surface area contributed by atoms with Crippen molar-refractivity contribution in [2.75, 3.05) is 12.4 Å². The van der Waals surface area contributed by atoms with Crippen LogP contribution in [0.5, 0.6) is 5.75 Å². The fraction of sp³-hybridized carbons (Fsp3) is 0.150. The van der Waals surface area contributed by atoms with E-state index in [0.29, 0.717) is 11.3 Å². The molecule has 0 saturated heterocycles. The minimum Gasteiger partial charge on any atom is -0.495 e. The van der Waals surface area contributed by atoms with Crippen LogP contribution in [0.2, 0.25) is 0 Å². The fourth-order valence-corrected chi connectivity index (χ4v) is 2.59. The smallest absolute Gasteiger partial charge is 0.165 e. The largest absolute Gasteiger partial charge is 0.495 e. The number of benzene rings is 2. The van der Waals surface area contributed by atoms with Crippen LogP contribution in [0, 0.1) is 0 Å². The molecule has 1 unspecified atom stereocenters. The molecular formula is C20H19NO3. The maximum atomic E-state index is 12.6. The van der Waals surface area contributed by atoms with Gasteiger partial charge in [0.2, 0.25) is 0 Å². The number of para-hydroxylation sites is 2. The molecule has 0 saturated carbocycles. The van der Waals surface area contributed by atoms with Crippen molar-refractivity contribution in [3.8, 4) is 5.75 Å². The standard InChI is InChI=1S/C20H19NO3/c1-23-19-11-6-5-10-16(19)21-17(20-12-7-13-24-20)14-18(22)15-8-3-2-4-9-15/h2-13,17,21H,14H2,1H3. The Labute approximate surface area is 141 Å². The molecule has 4 nitrogen and oxygen atoms in total. The first-order valence-corrected chi connectivity index (χ1v) is 7.79. The van der Waals surface area contributed by atoms with Crippen LogP contribution in [-0.4, -0.2) is 12.9 Å². The number of ketones is 1. The number of carbonyl (C=O) groups excluding carboxylic acids is 1. The Morgan fingerprint density at radius 3 is 2.50 bits per heavy atom. The molecule has 0 amide bonds. The van der Waals surface area contributed by atoms with Gasteiger partial charge in [0.15, 0.2) is 5.78 Å². The highest BCUT2D eigenvalue weighted by atomic mass is 16.5. The Balaban J connectivity index is 1.83. The summed E-state index contributed by atoms with van der Waals surface area (Å²) in [7, 11) is 1.62. The zero-order chi connectivity index (χ0) is 16.8. The number of anilines is 1. The quantitative estimate of drug-likeness (QED) is 0.640. The van der Waals surface area contributed by atoms with Gasteiger partial charge in [0.05, 0.1) is 25.1 Å².